The summed E-state index contributed by atoms with van der Waals surface area (Å²) in [5.74, 6) is 0.773. The lowest BCUT2D eigenvalue weighted by molar-refractivity contribution is 0.0515. The zero-order valence-electron chi connectivity index (χ0n) is 13.6. The Hall–Kier alpha value is -2.53. The summed E-state index contributed by atoms with van der Waals surface area (Å²) in [4.78, 5) is 11.0. The fourth-order valence-electron chi connectivity index (χ4n) is 3.23. The molecule has 0 aliphatic heterocycles. The van der Waals surface area contributed by atoms with Crippen molar-refractivity contribution >= 4 is 6.09 Å². The van der Waals surface area contributed by atoms with Crippen molar-refractivity contribution in [3.05, 3.63) is 53.6 Å². The summed E-state index contributed by atoms with van der Waals surface area (Å²) in [6.07, 6.45) is 1.80. The van der Waals surface area contributed by atoms with Crippen LogP contribution in [0.15, 0.2) is 42.5 Å². The van der Waals surface area contributed by atoms with Crippen LogP contribution in [-0.4, -0.2) is 25.1 Å². The second kappa shape index (κ2) is 7.36. The number of amides is 1. The number of ether oxygens (including phenoxy) is 2. The predicted molar refractivity (Wildman–Crippen MR) is 91.2 cm³/mol. The van der Waals surface area contributed by atoms with Crippen molar-refractivity contribution in [2.45, 2.75) is 25.3 Å². The van der Waals surface area contributed by atoms with E-state index in [0.29, 0.717) is 0 Å². The SMILES string of the molecule is COCOc1ccccc1-c1ccc2c(c1)CCCC2NC(=O)O. The Balaban J connectivity index is 1.93. The summed E-state index contributed by atoms with van der Waals surface area (Å²) in [5.41, 5.74) is 4.34. The molecule has 1 atom stereocenters. The molecule has 0 saturated carbocycles. The highest BCUT2D eigenvalue weighted by atomic mass is 16.7. The van der Waals surface area contributed by atoms with E-state index >= 15 is 0 Å². The molecule has 0 saturated heterocycles. The monoisotopic (exact) mass is 327 g/mol. The smallest absolute Gasteiger partial charge is 0.405 e. The van der Waals surface area contributed by atoms with Gasteiger partial charge in [0.15, 0.2) is 6.79 Å². The average Bonchev–Trinajstić information content (AvgIpc) is 2.59. The summed E-state index contributed by atoms with van der Waals surface area (Å²) < 4.78 is 10.6. The van der Waals surface area contributed by atoms with E-state index in [1.54, 1.807) is 7.11 Å². The number of carbonyl (C=O) groups is 1. The lowest BCUT2D eigenvalue weighted by atomic mass is 9.85. The molecular weight excluding hydrogens is 306 g/mol. The summed E-state index contributed by atoms with van der Waals surface area (Å²) in [6, 6.07) is 13.9. The van der Waals surface area contributed by atoms with Crippen LogP contribution < -0.4 is 10.1 Å². The van der Waals surface area contributed by atoms with Crippen molar-refractivity contribution < 1.29 is 19.4 Å². The highest BCUT2D eigenvalue weighted by Crippen LogP contribution is 2.35. The molecule has 0 radical (unpaired) electrons. The van der Waals surface area contributed by atoms with Crippen LogP contribution in [0.4, 0.5) is 4.79 Å². The summed E-state index contributed by atoms with van der Waals surface area (Å²) in [7, 11) is 1.59. The molecule has 2 N–H and O–H groups in total. The molecule has 2 aromatic carbocycles. The van der Waals surface area contributed by atoms with E-state index in [1.807, 2.05) is 36.4 Å². The molecule has 1 aliphatic carbocycles. The van der Waals surface area contributed by atoms with Gasteiger partial charge in [-0.3, -0.25) is 0 Å². The molecule has 3 rings (SSSR count). The van der Waals surface area contributed by atoms with E-state index in [9.17, 15) is 4.79 Å². The number of hydrogen-bond acceptors (Lipinski definition) is 3. The molecule has 0 heterocycles. The van der Waals surface area contributed by atoms with E-state index in [0.717, 1.165) is 41.7 Å². The minimum Gasteiger partial charge on any atom is -0.467 e. The topological polar surface area (TPSA) is 67.8 Å². The largest absolute Gasteiger partial charge is 0.467 e. The number of methoxy groups -OCH3 is 1. The molecule has 126 valence electrons. The number of hydrogen-bond donors (Lipinski definition) is 2. The van der Waals surface area contributed by atoms with Crippen LogP contribution in [0.2, 0.25) is 0 Å². The third kappa shape index (κ3) is 3.51. The zero-order chi connectivity index (χ0) is 16.9. The van der Waals surface area contributed by atoms with Crippen molar-refractivity contribution in [1.29, 1.82) is 0 Å². The fraction of sp³-hybridized carbons (Fsp3) is 0.316. The first-order chi connectivity index (χ1) is 11.7. The molecule has 0 bridgehead atoms. The Bertz CT molecular complexity index is 729. The van der Waals surface area contributed by atoms with Crippen molar-refractivity contribution in [2.75, 3.05) is 13.9 Å². The first-order valence-corrected chi connectivity index (χ1v) is 8.02. The van der Waals surface area contributed by atoms with Crippen LogP contribution in [-0.2, 0) is 11.2 Å². The molecule has 5 heteroatoms. The van der Waals surface area contributed by atoms with Gasteiger partial charge in [0.2, 0.25) is 0 Å². The Morgan fingerprint density at radius 3 is 2.92 bits per heavy atom. The van der Waals surface area contributed by atoms with Gasteiger partial charge >= 0.3 is 6.09 Å². The Labute approximate surface area is 141 Å². The van der Waals surface area contributed by atoms with Gasteiger partial charge in [0.1, 0.15) is 5.75 Å². The molecule has 1 amide bonds. The van der Waals surface area contributed by atoms with Crippen molar-refractivity contribution in [2.24, 2.45) is 0 Å². The van der Waals surface area contributed by atoms with Crippen LogP contribution in [0.5, 0.6) is 5.75 Å². The lowest BCUT2D eigenvalue weighted by Gasteiger charge is -2.26. The maximum absolute atomic E-state index is 11.0. The van der Waals surface area contributed by atoms with Gasteiger partial charge in [-0.25, -0.2) is 4.79 Å². The first-order valence-electron chi connectivity index (χ1n) is 8.02. The van der Waals surface area contributed by atoms with Crippen LogP contribution >= 0.6 is 0 Å². The highest BCUT2D eigenvalue weighted by Gasteiger charge is 2.22. The standard InChI is InChI=1S/C19H21NO4/c1-23-12-24-18-8-3-2-6-16(18)14-9-10-15-13(11-14)5-4-7-17(15)20-19(21)22/h2-3,6,8-11,17,20H,4-5,7,12H2,1H3,(H,21,22). The van der Waals surface area contributed by atoms with Gasteiger partial charge in [-0.1, -0.05) is 36.4 Å². The molecule has 2 aromatic rings. The quantitative estimate of drug-likeness (QED) is 0.815. The fourth-order valence-corrected chi connectivity index (χ4v) is 3.23. The second-order valence-electron chi connectivity index (χ2n) is 5.85. The number of nitrogens with one attached hydrogen (secondary N) is 1. The number of para-hydroxylation sites is 1. The van der Waals surface area contributed by atoms with Crippen molar-refractivity contribution in [3.8, 4) is 16.9 Å². The van der Waals surface area contributed by atoms with Crippen molar-refractivity contribution in [1.82, 2.24) is 5.32 Å². The van der Waals surface area contributed by atoms with Gasteiger partial charge in [0.25, 0.3) is 0 Å². The summed E-state index contributed by atoms with van der Waals surface area (Å²) >= 11 is 0. The summed E-state index contributed by atoms with van der Waals surface area (Å²) in [5, 5.41) is 11.6. The number of fused-ring (bicyclic) bond motifs is 1. The average molecular weight is 327 g/mol. The predicted octanol–water partition coefficient (Wildman–Crippen LogP) is 3.98. The number of aryl methyl sites for hydroxylation is 1. The number of benzene rings is 2. The summed E-state index contributed by atoms with van der Waals surface area (Å²) in [6.45, 7) is 0.201. The minimum absolute atomic E-state index is 0.125. The van der Waals surface area contributed by atoms with Crippen LogP contribution in [0.3, 0.4) is 0 Å². The van der Waals surface area contributed by atoms with E-state index in [1.165, 1.54) is 5.56 Å². The van der Waals surface area contributed by atoms with Crippen molar-refractivity contribution in [3.63, 3.8) is 0 Å². The Morgan fingerprint density at radius 1 is 1.29 bits per heavy atom. The third-order valence-electron chi connectivity index (χ3n) is 4.29. The Kier molecular flexibility index (Phi) is 5.01. The van der Waals surface area contributed by atoms with Gasteiger partial charge < -0.3 is 19.9 Å². The van der Waals surface area contributed by atoms with Gasteiger partial charge in [0.05, 0.1) is 6.04 Å². The lowest BCUT2D eigenvalue weighted by Crippen LogP contribution is -2.29. The molecule has 5 nitrogen and oxygen atoms in total. The van der Waals surface area contributed by atoms with Crippen LogP contribution in [0.25, 0.3) is 11.1 Å². The first kappa shape index (κ1) is 16.3. The van der Waals surface area contributed by atoms with E-state index < -0.39 is 6.09 Å². The van der Waals surface area contributed by atoms with Gasteiger partial charge in [-0.2, -0.15) is 0 Å². The zero-order valence-corrected chi connectivity index (χ0v) is 13.6. The molecular formula is C19H21NO4. The highest BCUT2D eigenvalue weighted by molar-refractivity contribution is 5.72. The minimum atomic E-state index is -0.977. The van der Waals surface area contributed by atoms with Crippen LogP contribution in [0.1, 0.15) is 30.0 Å². The molecule has 1 aliphatic rings. The van der Waals surface area contributed by atoms with Gasteiger partial charge in [0, 0.05) is 12.7 Å². The normalized spacial score (nSPS) is 16.3. The molecule has 0 spiro atoms. The second-order valence-corrected chi connectivity index (χ2v) is 5.85. The van der Waals surface area contributed by atoms with E-state index in [2.05, 4.69) is 11.4 Å². The number of rotatable bonds is 5. The Morgan fingerprint density at radius 2 is 2.12 bits per heavy atom. The van der Waals surface area contributed by atoms with Gasteiger partial charge in [-0.15, -0.1) is 0 Å². The van der Waals surface area contributed by atoms with E-state index in [4.69, 9.17) is 14.6 Å². The molecule has 0 aromatic heterocycles. The third-order valence-corrected chi connectivity index (χ3v) is 4.29. The maximum atomic E-state index is 11.0. The maximum Gasteiger partial charge on any atom is 0.405 e. The number of carboxylic acid groups (broad SMARTS) is 1. The van der Waals surface area contributed by atoms with Crippen LogP contribution in [0, 0.1) is 0 Å². The molecule has 1 unspecified atom stereocenters. The van der Waals surface area contributed by atoms with E-state index in [-0.39, 0.29) is 12.8 Å². The van der Waals surface area contributed by atoms with Gasteiger partial charge in [-0.05, 0) is 42.0 Å². The molecule has 0 fully saturated rings. The molecule has 24 heavy (non-hydrogen) atoms.